The number of carbonyl (C=O) groups is 4. The molecule has 176 valence electrons. The van der Waals surface area contributed by atoms with Crippen molar-refractivity contribution in [3.63, 3.8) is 0 Å². The van der Waals surface area contributed by atoms with Gasteiger partial charge >= 0.3 is 5.97 Å². The Morgan fingerprint density at radius 3 is 2.56 bits per heavy atom. The highest BCUT2D eigenvalue weighted by molar-refractivity contribution is 6.23. The molecular weight excluding hydrogens is 444 g/mol. The lowest BCUT2D eigenvalue weighted by Crippen LogP contribution is -2.44. The molecule has 34 heavy (non-hydrogen) atoms. The molecule has 1 unspecified atom stereocenters. The molecule has 10 heteroatoms. The number of nitrogens with zero attached hydrogens (tertiary/aromatic N) is 2. The van der Waals surface area contributed by atoms with Gasteiger partial charge in [0.05, 0.1) is 18.7 Å². The molecule has 0 spiro atoms. The molecule has 1 atom stereocenters. The van der Waals surface area contributed by atoms with E-state index in [0.717, 1.165) is 11.0 Å². The number of carboxylic acids is 1. The number of imide groups is 1. The topological polar surface area (TPSA) is 123 Å². The maximum atomic E-state index is 13.3. The van der Waals surface area contributed by atoms with Crippen LogP contribution in [0, 0.1) is 0 Å². The average molecular weight is 466 g/mol. The van der Waals surface area contributed by atoms with Gasteiger partial charge in [0, 0.05) is 18.7 Å². The summed E-state index contributed by atoms with van der Waals surface area (Å²) >= 11 is 0. The van der Waals surface area contributed by atoms with E-state index in [4.69, 9.17) is 19.3 Å². The lowest BCUT2D eigenvalue weighted by atomic mass is 10.1. The van der Waals surface area contributed by atoms with Crippen molar-refractivity contribution in [3.05, 3.63) is 60.2 Å². The monoisotopic (exact) mass is 466 g/mol. The van der Waals surface area contributed by atoms with E-state index in [2.05, 4.69) is 0 Å². The van der Waals surface area contributed by atoms with Crippen molar-refractivity contribution < 1.29 is 38.5 Å². The third-order valence-electron chi connectivity index (χ3n) is 5.35. The van der Waals surface area contributed by atoms with Crippen LogP contribution in [0.4, 0.5) is 5.69 Å². The Hall–Kier alpha value is -4.34. The zero-order chi connectivity index (χ0) is 24.2. The maximum absolute atomic E-state index is 13.3. The molecule has 4 rings (SSSR count). The Balaban J connectivity index is 1.61. The van der Waals surface area contributed by atoms with Gasteiger partial charge in [-0.05, 0) is 48.9 Å². The second kappa shape index (κ2) is 9.65. The largest absolute Gasteiger partial charge is 0.494 e. The van der Waals surface area contributed by atoms with E-state index in [1.54, 1.807) is 42.5 Å². The number of ether oxygens (including phenoxy) is 3. The second-order valence-corrected chi connectivity index (χ2v) is 7.54. The minimum atomic E-state index is -1.30. The fourth-order valence-corrected chi connectivity index (χ4v) is 3.80. The van der Waals surface area contributed by atoms with Gasteiger partial charge in [0.25, 0.3) is 5.91 Å². The van der Waals surface area contributed by atoms with Crippen LogP contribution >= 0.6 is 0 Å². The lowest BCUT2D eigenvalue weighted by molar-refractivity contribution is -0.135. The number of amides is 3. The molecule has 2 aromatic carbocycles. The van der Waals surface area contributed by atoms with Gasteiger partial charge in [-0.3, -0.25) is 14.4 Å². The summed E-state index contributed by atoms with van der Waals surface area (Å²) in [6, 6.07) is 10.5. The second-order valence-electron chi connectivity index (χ2n) is 7.54. The number of carbonyl (C=O) groups excluding carboxylic acids is 3. The van der Waals surface area contributed by atoms with Crippen molar-refractivity contribution in [1.29, 1.82) is 0 Å². The van der Waals surface area contributed by atoms with Gasteiger partial charge in [-0.25, -0.2) is 9.69 Å². The standard InChI is InChI=1S/C24H22N2O8/c1-2-32-17-6-4-16(5-7-17)26-22(28)12-18(24(26)31)25(21(27)9-10-23(29)30)13-15-3-8-19-20(11-15)34-14-33-19/h3-11,18H,2,12-14H2,1H3,(H,29,30)/b10-9+. The summed E-state index contributed by atoms with van der Waals surface area (Å²) in [6.45, 7) is 2.36. The third-order valence-corrected chi connectivity index (χ3v) is 5.35. The number of benzene rings is 2. The van der Waals surface area contributed by atoms with Crippen molar-refractivity contribution in [2.45, 2.75) is 25.9 Å². The maximum Gasteiger partial charge on any atom is 0.328 e. The van der Waals surface area contributed by atoms with E-state index in [1.807, 2.05) is 6.92 Å². The Bertz CT molecular complexity index is 1160. The van der Waals surface area contributed by atoms with Gasteiger partial charge < -0.3 is 24.2 Å². The molecule has 0 bridgehead atoms. The van der Waals surface area contributed by atoms with Gasteiger partial charge in [0.1, 0.15) is 11.8 Å². The van der Waals surface area contributed by atoms with Crippen molar-refractivity contribution in [2.24, 2.45) is 0 Å². The van der Waals surface area contributed by atoms with Crippen LogP contribution in [-0.4, -0.2) is 53.1 Å². The molecule has 0 aromatic heterocycles. The van der Waals surface area contributed by atoms with Gasteiger partial charge in [0.15, 0.2) is 11.5 Å². The van der Waals surface area contributed by atoms with E-state index in [0.29, 0.717) is 41.2 Å². The molecule has 2 aliphatic rings. The van der Waals surface area contributed by atoms with E-state index < -0.39 is 29.7 Å². The highest BCUT2D eigenvalue weighted by atomic mass is 16.7. The lowest BCUT2D eigenvalue weighted by Gasteiger charge is -2.27. The minimum absolute atomic E-state index is 0.0414. The van der Waals surface area contributed by atoms with E-state index in [9.17, 15) is 19.2 Å². The number of hydrogen-bond acceptors (Lipinski definition) is 7. The fraction of sp³-hybridized carbons (Fsp3) is 0.250. The Morgan fingerprint density at radius 2 is 1.85 bits per heavy atom. The van der Waals surface area contributed by atoms with E-state index in [1.165, 1.54) is 4.90 Å². The molecule has 1 N–H and O–H groups in total. The summed E-state index contributed by atoms with van der Waals surface area (Å²) in [5, 5.41) is 8.92. The van der Waals surface area contributed by atoms with Gasteiger partial charge in [-0.2, -0.15) is 0 Å². The fourth-order valence-electron chi connectivity index (χ4n) is 3.80. The SMILES string of the molecule is CCOc1ccc(N2C(=O)CC(N(Cc3ccc4c(c3)OCO4)C(=O)/C=C/C(=O)O)C2=O)cc1. The van der Waals surface area contributed by atoms with E-state index >= 15 is 0 Å². The smallest absolute Gasteiger partial charge is 0.328 e. The molecule has 1 fully saturated rings. The minimum Gasteiger partial charge on any atom is -0.494 e. The molecule has 0 radical (unpaired) electrons. The summed E-state index contributed by atoms with van der Waals surface area (Å²) in [6.07, 6.45) is 1.33. The Kier molecular flexibility index (Phi) is 6.48. The number of anilines is 1. The highest BCUT2D eigenvalue weighted by Crippen LogP contribution is 2.34. The predicted molar refractivity (Wildman–Crippen MR) is 118 cm³/mol. The quantitative estimate of drug-likeness (QED) is 0.464. The first-order valence-corrected chi connectivity index (χ1v) is 10.6. The number of hydrogen-bond donors (Lipinski definition) is 1. The van der Waals surface area contributed by atoms with Crippen molar-refractivity contribution in [2.75, 3.05) is 18.3 Å². The highest BCUT2D eigenvalue weighted by Gasteiger charge is 2.44. The molecule has 2 heterocycles. The van der Waals surface area contributed by atoms with Crippen molar-refractivity contribution in [3.8, 4) is 17.2 Å². The summed E-state index contributed by atoms with van der Waals surface area (Å²) < 4.78 is 16.1. The number of aliphatic carboxylic acids is 1. The average Bonchev–Trinajstić information content (AvgIpc) is 3.40. The van der Waals surface area contributed by atoms with Crippen molar-refractivity contribution in [1.82, 2.24) is 4.90 Å². The van der Waals surface area contributed by atoms with Gasteiger partial charge in [-0.1, -0.05) is 6.07 Å². The zero-order valence-electron chi connectivity index (χ0n) is 18.3. The number of fused-ring (bicyclic) bond motifs is 1. The summed E-state index contributed by atoms with van der Waals surface area (Å²) in [5.41, 5.74) is 0.985. The van der Waals surface area contributed by atoms with Crippen LogP contribution in [0.1, 0.15) is 18.9 Å². The van der Waals surface area contributed by atoms with E-state index in [-0.39, 0.29) is 19.8 Å². The normalized spacial score (nSPS) is 16.9. The van der Waals surface area contributed by atoms with Crippen LogP contribution in [0.15, 0.2) is 54.6 Å². The first-order chi connectivity index (χ1) is 16.4. The molecule has 2 aromatic rings. The number of rotatable bonds is 8. The molecule has 0 aliphatic carbocycles. The van der Waals surface area contributed by atoms with Crippen LogP contribution in [0.25, 0.3) is 0 Å². The Labute approximate surface area is 194 Å². The van der Waals surface area contributed by atoms with Crippen LogP contribution in [0.2, 0.25) is 0 Å². The van der Waals surface area contributed by atoms with Gasteiger partial charge in [-0.15, -0.1) is 0 Å². The van der Waals surface area contributed by atoms with Crippen LogP contribution < -0.4 is 19.1 Å². The summed E-state index contributed by atoms with van der Waals surface area (Å²) in [5.74, 6) is -1.41. The van der Waals surface area contributed by atoms with Crippen LogP contribution in [0.5, 0.6) is 17.2 Å². The van der Waals surface area contributed by atoms with Crippen LogP contribution in [0.3, 0.4) is 0 Å². The summed E-state index contributed by atoms with van der Waals surface area (Å²) in [4.78, 5) is 52.1. The molecule has 0 saturated carbocycles. The molecule has 10 nitrogen and oxygen atoms in total. The first-order valence-electron chi connectivity index (χ1n) is 10.6. The van der Waals surface area contributed by atoms with Crippen LogP contribution in [-0.2, 0) is 25.7 Å². The Morgan fingerprint density at radius 1 is 1.12 bits per heavy atom. The molecule has 2 aliphatic heterocycles. The summed E-state index contributed by atoms with van der Waals surface area (Å²) in [7, 11) is 0. The molecule has 1 saturated heterocycles. The molecule has 3 amide bonds. The number of carboxylic acid groups (broad SMARTS) is 1. The first kappa shape index (κ1) is 22.8. The molecular formula is C24H22N2O8. The zero-order valence-corrected chi connectivity index (χ0v) is 18.3. The van der Waals surface area contributed by atoms with Gasteiger partial charge in [0.2, 0.25) is 18.6 Å². The third kappa shape index (κ3) is 4.70. The predicted octanol–water partition coefficient (Wildman–Crippen LogP) is 2.12. The van der Waals surface area contributed by atoms with Crippen molar-refractivity contribution >= 4 is 29.4 Å².